The molecule has 1 unspecified atom stereocenters. The number of nitrogens with one attached hydrogen (secondary N) is 1. The van der Waals surface area contributed by atoms with Crippen molar-refractivity contribution in [1.29, 1.82) is 0 Å². The molecule has 0 heterocycles. The van der Waals surface area contributed by atoms with Gasteiger partial charge in [-0.05, 0) is 20.8 Å². The maximum absolute atomic E-state index is 11.0. The number of carbonyl (C=O) groups is 1. The average Bonchev–Trinajstić information content (AvgIpc) is 2.14. The van der Waals surface area contributed by atoms with E-state index in [0.29, 0.717) is 13.0 Å². The van der Waals surface area contributed by atoms with Crippen LogP contribution in [-0.2, 0) is 4.79 Å². The van der Waals surface area contributed by atoms with Crippen LogP contribution in [0.2, 0.25) is 0 Å². The Labute approximate surface area is 89.7 Å². The number of nitrogens with zero attached hydrogens (tertiary/aromatic N) is 1. The lowest BCUT2D eigenvalue weighted by molar-refractivity contribution is -0.125. The Morgan fingerprint density at radius 2 is 2.07 bits per heavy atom. The highest BCUT2D eigenvalue weighted by molar-refractivity contribution is 5.80. The summed E-state index contributed by atoms with van der Waals surface area (Å²) in [6.07, 6.45) is 0.422. The molecule has 0 saturated carbocycles. The topological polar surface area (TPSA) is 114 Å². The molecule has 0 bridgehead atoms. The third-order valence-electron chi connectivity index (χ3n) is 2.20. The molecular weight excluding hydrogens is 196 g/mol. The van der Waals surface area contributed by atoms with Crippen LogP contribution in [0.5, 0.6) is 0 Å². The Kier molecular flexibility index (Phi) is 5.07. The molecule has 1 atom stereocenters. The molecule has 15 heavy (non-hydrogen) atoms. The van der Waals surface area contributed by atoms with Crippen LogP contribution in [0.1, 0.15) is 27.2 Å². The molecule has 0 fully saturated rings. The molecule has 0 aliphatic carbocycles. The summed E-state index contributed by atoms with van der Waals surface area (Å²) in [6.45, 7) is 5.87. The first-order chi connectivity index (χ1) is 6.79. The quantitative estimate of drug-likeness (QED) is 0.209. The smallest absolute Gasteiger partial charge is 0.224 e. The lowest BCUT2D eigenvalue weighted by Crippen LogP contribution is -2.44. The number of primary amides is 1. The number of carbonyl (C=O) groups excluding carboxylic acids is 1. The first-order valence-corrected chi connectivity index (χ1v) is 4.79. The molecular formula is C9H20N4O2. The summed E-state index contributed by atoms with van der Waals surface area (Å²) < 4.78 is 0. The second kappa shape index (κ2) is 5.55. The first-order valence-electron chi connectivity index (χ1n) is 4.79. The summed E-state index contributed by atoms with van der Waals surface area (Å²) >= 11 is 0. The number of hydrogen-bond donors (Lipinski definition) is 4. The number of hydrogen-bond acceptors (Lipinski definition) is 4. The second-order valence-electron chi connectivity index (χ2n) is 4.33. The zero-order chi connectivity index (χ0) is 12.1. The Morgan fingerprint density at radius 1 is 1.53 bits per heavy atom. The van der Waals surface area contributed by atoms with E-state index < -0.39 is 5.41 Å². The highest BCUT2D eigenvalue weighted by Gasteiger charge is 2.25. The van der Waals surface area contributed by atoms with Gasteiger partial charge in [-0.2, -0.15) is 0 Å². The van der Waals surface area contributed by atoms with E-state index in [4.69, 9.17) is 16.7 Å². The summed E-state index contributed by atoms with van der Waals surface area (Å²) in [5.41, 5.74) is 9.96. The number of nitrogens with two attached hydrogens (primary N) is 2. The first kappa shape index (κ1) is 13.7. The van der Waals surface area contributed by atoms with Crippen molar-refractivity contribution < 1.29 is 10.0 Å². The summed E-state index contributed by atoms with van der Waals surface area (Å²) in [4.78, 5) is 11.0. The van der Waals surface area contributed by atoms with Gasteiger partial charge < -0.3 is 22.0 Å². The fourth-order valence-corrected chi connectivity index (χ4v) is 0.943. The van der Waals surface area contributed by atoms with Crippen LogP contribution in [0.4, 0.5) is 0 Å². The van der Waals surface area contributed by atoms with Crippen LogP contribution in [0.3, 0.4) is 0 Å². The molecule has 0 aliphatic rings. The molecule has 0 radical (unpaired) electrons. The Hall–Kier alpha value is -1.30. The van der Waals surface area contributed by atoms with E-state index in [2.05, 4.69) is 10.5 Å². The van der Waals surface area contributed by atoms with Crippen molar-refractivity contribution >= 4 is 11.7 Å². The van der Waals surface area contributed by atoms with Gasteiger partial charge in [0.25, 0.3) is 0 Å². The van der Waals surface area contributed by atoms with Crippen LogP contribution >= 0.6 is 0 Å². The fraction of sp³-hybridized carbons (Fsp3) is 0.778. The zero-order valence-electron chi connectivity index (χ0n) is 9.45. The highest BCUT2D eigenvalue weighted by Crippen LogP contribution is 2.12. The van der Waals surface area contributed by atoms with Crippen LogP contribution in [0, 0.1) is 5.41 Å². The summed E-state index contributed by atoms with van der Waals surface area (Å²) in [6, 6.07) is 0.0273. The zero-order valence-corrected chi connectivity index (χ0v) is 9.45. The van der Waals surface area contributed by atoms with Crippen molar-refractivity contribution in [2.45, 2.75) is 33.2 Å². The Balaban J connectivity index is 4.01. The predicted molar refractivity (Wildman–Crippen MR) is 58.5 cm³/mol. The lowest BCUT2D eigenvalue weighted by atomic mass is 9.92. The minimum absolute atomic E-state index is 0.0273. The van der Waals surface area contributed by atoms with Gasteiger partial charge in [-0.1, -0.05) is 5.16 Å². The molecule has 0 rings (SSSR count). The number of rotatable bonds is 6. The van der Waals surface area contributed by atoms with E-state index >= 15 is 0 Å². The van der Waals surface area contributed by atoms with E-state index in [1.807, 2.05) is 6.92 Å². The number of oxime groups is 1. The van der Waals surface area contributed by atoms with Crippen molar-refractivity contribution in [3.63, 3.8) is 0 Å². The summed E-state index contributed by atoms with van der Waals surface area (Å²) in [7, 11) is 0. The van der Waals surface area contributed by atoms with E-state index in [0.717, 1.165) is 0 Å². The van der Waals surface area contributed by atoms with Crippen molar-refractivity contribution in [2.24, 2.45) is 22.0 Å². The third kappa shape index (κ3) is 5.21. The van der Waals surface area contributed by atoms with Gasteiger partial charge in [0, 0.05) is 19.0 Å². The molecule has 1 amide bonds. The normalized spacial score (nSPS) is 15.0. The maximum atomic E-state index is 11.0. The van der Waals surface area contributed by atoms with Crippen LogP contribution in [0.25, 0.3) is 0 Å². The minimum atomic E-state index is -0.598. The van der Waals surface area contributed by atoms with E-state index in [-0.39, 0.29) is 17.8 Å². The van der Waals surface area contributed by atoms with Gasteiger partial charge in [0.2, 0.25) is 5.91 Å². The van der Waals surface area contributed by atoms with Gasteiger partial charge in [-0.15, -0.1) is 0 Å². The van der Waals surface area contributed by atoms with E-state index in [1.54, 1.807) is 13.8 Å². The molecule has 6 nitrogen and oxygen atoms in total. The van der Waals surface area contributed by atoms with Crippen molar-refractivity contribution in [3.8, 4) is 0 Å². The molecule has 0 spiro atoms. The second-order valence-corrected chi connectivity index (χ2v) is 4.33. The molecule has 0 aliphatic heterocycles. The predicted octanol–water partition coefficient (Wildman–Crippen LogP) is -0.388. The monoisotopic (exact) mass is 216 g/mol. The SMILES string of the molecule is CC(CC(N)=NO)NCC(C)(C)C(N)=O. The number of amidine groups is 1. The molecule has 0 aromatic carbocycles. The molecule has 0 aromatic rings. The van der Waals surface area contributed by atoms with E-state index in [1.165, 1.54) is 0 Å². The molecule has 0 aromatic heterocycles. The molecule has 6 N–H and O–H groups in total. The average molecular weight is 216 g/mol. The van der Waals surface area contributed by atoms with Gasteiger partial charge in [-0.3, -0.25) is 4.79 Å². The van der Waals surface area contributed by atoms with Crippen molar-refractivity contribution in [3.05, 3.63) is 0 Å². The number of amides is 1. The molecule has 88 valence electrons. The van der Waals surface area contributed by atoms with Gasteiger partial charge in [0.15, 0.2) is 0 Å². The summed E-state index contributed by atoms with van der Waals surface area (Å²) in [5, 5.41) is 14.3. The largest absolute Gasteiger partial charge is 0.409 e. The minimum Gasteiger partial charge on any atom is -0.409 e. The van der Waals surface area contributed by atoms with Gasteiger partial charge in [-0.25, -0.2) is 0 Å². The molecule has 6 heteroatoms. The standard InChI is InChI=1S/C9H20N4O2/c1-6(4-7(10)13-15)12-5-9(2,3)8(11)14/h6,12,15H,4-5H2,1-3H3,(H2,10,13)(H2,11,14). The Morgan fingerprint density at radius 3 is 2.47 bits per heavy atom. The van der Waals surface area contributed by atoms with Crippen molar-refractivity contribution in [2.75, 3.05) is 6.54 Å². The van der Waals surface area contributed by atoms with Crippen LogP contribution in [0.15, 0.2) is 5.16 Å². The van der Waals surface area contributed by atoms with Gasteiger partial charge >= 0.3 is 0 Å². The maximum Gasteiger partial charge on any atom is 0.224 e. The summed E-state index contributed by atoms with van der Waals surface area (Å²) in [5.74, 6) is -0.196. The Bertz CT molecular complexity index is 250. The molecule has 0 saturated heterocycles. The lowest BCUT2D eigenvalue weighted by Gasteiger charge is -2.23. The van der Waals surface area contributed by atoms with Crippen LogP contribution < -0.4 is 16.8 Å². The van der Waals surface area contributed by atoms with Gasteiger partial charge in [0.1, 0.15) is 5.84 Å². The van der Waals surface area contributed by atoms with Crippen molar-refractivity contribution in [1.82, 2.24) is 5.32 Å². The van der Waals surface area contributed by atoms with Gasteiger partial charge in [0.05, 0.1) is 5.41 Å². The van der Waals surface area contributed by atoms with E-state index in [9.17, 15) is 4.79 Å². The fourth-order valence-electron chi connectivity index (χ4n) is 0.943. The third-order valence-corrected chi connectivity index (χ3v) is 2.20. The highest BCUT2D eigenvalue weighted by atomic mass is 16.4. The van der Waals surface area contributed by atoms with Crippen LogP contribution in [-0.4, -0.2) is 29.5 Å².